The number of hydrogen-bond donors (Lipinski definition) is 0. The highest BCUT2D eigenvalue weighted by molar-refractivity contribution is 9.10. The van der Waals surface area contributed by atoms with Crippen molar-refractivity contribution in [3.63, 3.8) is 0 Å². The van der Waals surface area contributed by atoms with Gasteiger partial charge in [0.2, 0.25) is 0 Å². The number of carbonyl (C=O) groups excluding carboxylic acids is 1. The SMILES string of the molecule is Cc1ccc(OC(C)C(=O)N(C)Cc2nc(C)c3ccccc3n2)c(Br)c1. The third-order valence-corrected chi connectivity index (χ3v) is 4.95. The highest BCUT2D eigenvalue weighted by Crippen LogP contribution is 2.27. The van der Waals surface area contributed by atoms with E-state index >= 15 is 0 Å². The molecule has 3 aromatic rings. The van der Waals surface area contributed by atoms with E-state index in [1.54, 1.807) is 18.9 Å². The number of halogens is 1. The molecule has 3 rings (SSSR count). The molecule has 0 spiro atoms. The third kappa shape index (κ3) is 4.45. The van der Waals surface area contributed by atoms with E-state index < -0.39 is 6.10 Å². The van der Waals surface area contributed by atoms with Crippen LogP contribution in [0.3, 0.4) is 0 Å². The summed E-state index contributed by atoms with van der Waals surface area (Å²) in [5.74, 6) is 1.13. The van der Waals surface area contributed by atoms with Crippen LogP contribution in [0.1, 0.15) is 24.0 Å². The Morgan fingerprint density at radius 2 is 1.93 bits per heavy atom. The van der Waals surface area contributed by atoms with Gasteiger partial charge in [0.05, 0.1) is 16.5 Å². The van der Waals surface area contributed by atoms with Crippen molar-refractivity contribution < 1.29 is 9.53 Å². The summed E-state index contributed by atoms with van der Waals surface area (Å²) in [7, 11) is 1.74. The molecule has 0 saturated heterocycles. The molecular weight excluding hydrogens is 406 g/mol. The first-order valence-electron chi connectivity index (χ1n) is 8.75. The normalized spacial score (nSPS) is 12.0. The van der Waals surface area contributed by atoms with Gasteiger partial charge in [0.25, 0.3) is 5.91 Å². The van der Waals surface area contributed by atoms with Crippen molar-refractivity contribution in [3.8, 4) is 5.75 Å². The first-order chi connectivity index (χ1) is 12.8. The van der Waals surface area contributed by atoms with E-state index in [4.69, 9.17) is 4.74 Å². The van der Waals surface area contributed by atoms with Crippen molar-refractivity contribution >= 4 is 32.7 Å². The van der Waals surface area contributed by atoms with Gasteiger partial charge >= 0.3 is 0 Å². The Labute approximate surface area is 167 Å². The molecule has 0 fully saturated rings. The second-order valence-corrected chi connectivity index (χ2v) is 7.48. The summed E-state index contributed by atoms with van der Waals surface area (Å²) in [4.78, 5) is 23.4. The predicted molar refractivity (Wildman–Crippen MR) is 110 cm³/mol. The molecule has 0 aliphatic heterocycles. The number of hydrogen-bond acceptors (Lipinski definition) is 4. The molecule has 2 aromatic carbocycles. The topological polar surface area (TPSA) is 55.3 Å². The zero-order valence-electron chi connectivity index (χ0n) is 15.9. The number of fused-ring (bicyclic) bond motifs is 1. The van der Waals surface area contributed by atoms with Crippen LogP contribution in [0.25, 0.3) is 10.9 Å². The Bertz CT molecular complexity index is 990. The molecule has 0 aliphatic rings. The second-order valence-electron chi connectivity index (χ2n) is 6.63. The minimum absolute atomic E-state index is 0.128. The molecule has 0 N–H and O–H groups in total. The Balaban J connectivity index is 1.71. The van der Waals surface area contributed by atoms with Gasteiger partial charge in [-0.2, -0.15) is 0 Å². The standard InChI is InChI=1S/C21H22BrN3O2/c1-13-9-10-19(17(22)11-13)27-15(3)21(26)25(4)12-20-23-14(2)16-7-5-6-8-18(16)24-20/h5-11,15H,12H2,1-4H3. The Morgan fingerprint density at radius 1 is 1.19 bits per heavy atom. The van der Waals surface area contributed by atoms with E-state index in [0.717, 1.165) is 26.6 Å². The molecular formula is C21H22BrN3O2. The molecule has 0 aliphatic carbocycles. The Hall–Kier alpha value is -2.47. The fourth-order valence-electron chi connectivity index (χ4n) is 2.91. The zero-order chi connectivity index (χ0) is 19.6. The lowest BCUT2D eigenvalue weighted by atomic mass is 10.2. The smallest absolute Gasteiger partial charge is 0.263 e. The van der Waals surface area contributed by atoms with Gasteiger partial charge in [0.15, 0.2) is 6.10 Å². The number of nitrogens with zero attached hydrogens (tertiary/aromatic N) is 3. The zero-order valence-corrected chi connectivity index (χ0v) is 17.4. The van der Waals surface area contributed by atoms with Crippen LogP contribution in [0.4, 0.5) is 0 Å². The third-order valence-electron chi connectivity index (χ3n) is 4.33. The van der Waals surface area contributed by atoms with Crippen molar-refractivity contribution in [2.75, 3.05) is 7.05 Å². The molecule has 1 aromatic heterocycles. The maximum Gasteiger partial charge on any atom is 0.263 e. The van der Waals surface area contributed by atoms with Crippen LogP contribution in [0.5, 0.6) is 5.75 Å². The Kier molecular flexibility index (Phi) is 5.75. The molecule has 6 heteroatoms. The summed E-state index contributed by atoms with van der Waals surface area (Å²) in [6, 6.07) is 13.6. The number of aryl methyl sites for hydroxylation is 2. The van der Waals surface area contributed by atoms with Crippen LogP contribution >= 0.6 is 15.9 Å². The molecule has 140 valence electrons. The van der Waals surface area contributed by atoms with Gasteiger partial charge in [-0.15, -0.1) is 0 Å². The molecule has 0 saturated carbocycles. The molecule has 1 amide bonds. The van der Waals surface area contributed by atoms with Crippen molar-refractivity contribution in [2.24, 2.45) is 0 Å². The van der Waals surface area contributed by atoms with E-state index in [1.807, 2.05) is 56.3 Å². The highest BCUT2D eigenvalue weighted by Gasteiger charge is 2.21. The number of rotatable bonds is 5. The number of carbonyl (C=O) groups is 1. The van der Waals surface area contributed by atoms with Crippen molar-refractivity contribution in [3.05, 3.63) is 64.0 Å². The molecule has 1 atom stereocenters. The van der Waals surface area contributed by atoms with Gasteiger partial charge in [0, 0.05) is 18.1 Å². The monoisotopic (exact) mass is 427 g/mol. The summed E-state index contributed by atoms with van der Waals surface area (Å²) >= 11 is 3.48. The molecule has 0 radical (unpaired) electrons. The highest BCUT2D eigenvalue weighted by atomic mass is 79.9. The molecule has 1 heterocycles. The summed E-state index contributed by atoms with van der Waals surface area (Å²) in [6.07, 6.45) is -0.615. The van der Waals surface area contributed by atoms with Crippen molar-refractivity contribution in [2.45, 2.75) is 33.4 Å². The summed E-state index contributed by atoms with van der Waals surface area (Å²) in [5.41, 5.74) is 2.91. The van der Waals surface area contributed by atoms with Gasteiger partial charge in [0.1, 0.15) is 11.6 Å². The van der Waals surface area contributed by atoms with E-state index in [1.165, 1.54) is 0 Å². The maximum atomic E-state index is 12.7. The van der Waals surface area contributed by atoms with Gasteiger partial charge in [-0.1, -0.05) is 24.3 Å². The van der Waals surface area contributed by atoms with Crippen LogP contribution in [-0.2, 0) is 11.3 Å². The van der Waals surface area contributed by atoms with E-state index in [2.05, 4.69) is 25.9 Å². The minimum atomic E-state index is -0.615. The van der Waals surface area contributed by atoms with Crippen molar-refractivity contribution in [1.29, 1.82) is 0 Å². The maximum absolute atomic E-state index is 12.7. The second kappa shape index (κ2) is 8.05. The summed E-state index contributed by atoms with van der Waals surface area (Å²) in [6.45, 7) is 6.03. The first-order valence-corrected chi connectivity index (χ1v) is 9.54. The average molecular weight is 428 g/mol. The predicted octanol–water partition coefficient (Wildman–Crippen LogP) is 4.44. The molecule has 1 unspecified atom stereocenters. The number of para-hydroxylation sites is 1. The fourth-order valence-corrected chi connectivity index (χ4v) is 3.50. The van der Waals surface area contributed by atoms with Gasteiger partial charge < -0.3 is 9.64 Å². The fraction of sp³-hybridized carbons (Fsp3) is 0.286. The van der Waals surface area contributed by atoms with E-state index in [9.17, 15) is 4.79 Å². The van der Waals surface area contributed by atoms with Crippen LogP contribution < -0.4 is 4.74 Å². The van der Waals surface area contributed by atoms with Crippen LogP contribution in [-0.4, -0.2) is 33.9 Å². The van der Waals surface area contributed by atoms with Crippen molar-refractivity contribution in [1.82, 2.24) is 14.9 Å². The number of benzene rings is 2. The molecule has 5 nitrogen and oxygen atoms in total. The van der Waals surface area contributed by atoms with Crippen LogP contribution in [0.2, 0.25) is 0 Å². The van der Waals surface area contributed by atoms with E-state index in [0.29, 0.717) is 18.1 Å². The number of ether oxygens (including phenoxy) is 1. The minimum Gasteiger partial charge on any atom is -0.480 e. The largest absolute Gasteiger partial charge is 0.480 e. The molecule has 0 bridgehead atoms. The van der Waals surface area contributed by atoms with Gasteiger partial charge in [-0.25, -0.2) is 9.97 Å². The number of amides is 1. The van der Waals surface area contributed by atoms with Crippen LogP contribution in [0.15, 0.2) is 46.9 Å². The lowest BCUT2D eigenvalue weighted by molar-refractivity contribution is -0.137. The summed E-state index contributed by atoms with van der Waals surface area (Å²) in [5, 5.41) is 1.02. The Morgan fingerprint density at radius 3 is 2.67 bits per heavy atom. The summed E-state index contributed by atoms with van der Waals surface area (Å²) < 4.78 is 6.67. The van der Waals surface area contributed by atoms with Gasteiger partial charge in [-0.05, 0) is 60.5 Å². The quantitative estimate of drug-likeness (QED) is 0.603. The number of likely N-dealkylation sites (N-methyl/N-ethyl adjacent to an activating group) is 1. The lowest BCUT2D eigenvalue weighted by Gasteiger charge is -2.22. The van der Waals surface area contributed by atoms with Gasteiger partial charge in [-0.3, -0.25) is 4.79 Å². The van der Waals surface area contributed by atoms with E-state index in [-0.39, 0.29) is 5.91 Å². The number of aromatic nitrogens is 2. The van der Waals surface area contributed by atoms with Crippen LogP contribution in [0, 0.1) is 13.8 Å². The molecule has 27 heavy (non-hydrogen) atoms. The first kappa shape index (κ1) is 19.3. The average Bonchev–Trinajstić information content (AvgIpc) is 2.63. The lowest BCUT2D eigenvalue weighted by Crippen LogP contribution is -2.38.